The van der Waals surface area contributed by atoms with Crippen LogP contribution in [0.25, 0.3) is 5.65 Å². The highest BCUT2D eigenvalue weighted by atomic mass is 16.5. The van der Waals surface area contributed by atoms with Gasteiger partial charge in [0.25, 0.3) is 17.4 Å². The van der Waals surface area contributed by atoms with Crippen molar-refractivity contribution < 1.29 is 43.3 Å². The molecule has 3 atom stereocenters. The number of carbonyl (C=O) groups is 5. The molecule has 0 saturated heterocycles. The van der Waals surface area contributed by atoms with Crippen molar-refractivity contribution in [2.24, 2.45) is 5.92 Å². The van der Waals surface area contributed by atoms with Gasteiger partial charge in [-0.3, -0.25) is 33.2 Å². The van der Waals surface area contributed by atoms with Gasteiger partial charge in [-0.2, -0.15) is 0 Å². The zero-order valence-electron chi connectivity index (χ0n) is 32.4. The predicted molar refractivity (Wildman–Crippen MR) is 207 cm³/mol. The Hall–Kier alpha value is -6.49. The molecular weight excluding hydrogens is 738 g/mol. The summed E-state index contributed by atoms with van der Waals surface area (Å²) < 4.78 is 18.6. The number of aliphatic hydroxyl groups excluding tert-OH is 1. The van der Waals surface area contributed by atoms with Gasteiger partial charge in [0.15, 0.2) is 11.5 Å². The minimum absolute atomic E-state index is 0.0242. The zero-order chi connectivity index (χ0) is 41.2. The van der Waals surface area contributed by atoms with E-state index in [-0.39, 0.29) is 36.5 Å². The van der Waals surface area contributed by atoms with Crippen LogP contribution in [-0.2, 0) is 20.9 Å². The number of ether oxygens (including phenoxy) is 3. The summed E-state index contributed by atoms with van der Waals surface area (Å²) in [5.41, 5.74) is 0.108. The number of hydrogen-bond acceptors (Lipinski definition) is 11. The Labute approximate surface area is 328 Å². The molecule has 17 nitrogen and oxygen atoms in total. The largest absolute Gasteiger partial charge is 0.496 e. The number of rotatable bonds is 5. The van der Waals surface area contributed by atoms with Gasteiger partial charge in [-0.25, -0.2) is 4.98 Å². The van der Waals surface area contributed by atoms with E-state index in [9.17, 15) is 33.9 Å². The molecule has 0 unspecified atom stereocenters. The van der Waals surface area contributed by atoms with Crippen molar-refractivity contribution in [2.45, 2.75) is 58.3 Å². The first kappa shape index (κ1) is 41.7. The van der Waals surface area contributed by atoms with Gasteiger partial charge < -0.3 is 45.5 Å². The first-order chi connectivity index (χ1) is 27.3. The van der Waals surface area contributed by atoms with E-state index in [1.807, 2.05) is 0 Å². The minimum atomic E-state index is -1.52. The molecule has 3 heterocycles. The molecule has 2 bridgehead atoms. The Morgan fingerprint density at radius 2 is 1.65 bits per heavy atom. The van der Waals surface area contributed by atoms with Crippen molar-refractivity contribution in [3.8, 4) is 23.0 Å². The van der Waals surface area contributed by atoms with Crippen LogP contribution in [0.3, 0.4) is 0 Å². The van der Waals surface area contributed by atoms with Crippen LogP contribution in [0.5, 0.6) is 23.0 Å². The molecule has 17 heteroatoms. The van der Waals surface area contributed by atoms with E-state index in [1.165, 1.54) is 37.8 Å². The molecule has 5 rings (SSSR count). The van der Waals surface area contributed by atoms with Gasteiger partial charge in [0.05, 0.1) is 39.0 Å². The molecule has 2 aromatic heterocycles. The Bertz CT molecular complexity index is 2190. The maximum Gasteiger partial charge on any atom is 0.270 e. The first-order valence-electron chi connectivity index (χ1n) is 18.4. The van der Waals surface area contributed by atoms with Crippen LogP contribution in [-0.4, -0.2) is 101 Å². The number of methoxy groups -OCH3 is 2. The van der Waals surface area contributed by atoms with E-state index in [2.05, 4.69) is 26.3 Å². The van der Waals surface area contributed by atoms with E-state index < -0.39 is 65.7 Å². The van der Waals surface area contributed by atoms with E-state index in [0.717, 1.165) is 11.1 Å². The third-order valence-corrected chi connectivity index (χ3v) is 9.33. The van der Waals surface area contributed by atoms with Crippen molar-refractivity contribution in [3.05, 3.63) is 94.0 Å². The molecule has 2 aromatic carbocycles. The van der Waals surface area contributed by atoms with E-state index in [0.29, 0.717) is 41.3 Å². The second-order valence-electron chi connectivity index (χ2n) is 13.7. The maximum atomic E-state index is 13.9. The average Bonchev–Trinajstić information content (AvgIpc) is 3.19. The lowest BCUT2D eigenvalue weighted by molar-refractivity contribution is -0.135. The quantitative estimate of drug-likeness (QED) is 0.197. The molecule has 5 amide bonds. The number of fused-ring (bicyclic) bond motifs is 4. The molecule has 4 aromatic rings. The summed E-state index contributed by atoms with van der Waals surface area (Å²) >= 11 is 0. The highest BCUT2D eigenvalue weighted by Crippen LogP contribution is 2.37. The number of hydrogen-bond donors (Lipinski definition) is 5. The highest BCUT2D eigenvalue weighted by molar-refractivity contribution is 5.97. The smallest absolute Gasteiger partial charge is 0.270 e. The molecule has 0 spiro atoms. The Kier molecular flexibility index (Phi) is 13.8. The number of nitrogens with one attached hydrogen (secondary N) is 4. The molecule has 0 fully saturated rings. The lowest BCUT2D eigenvalue weighted by Crippen LogP contribution is -2.59. The van der Waals surface area contributed by atoms with Crippen molar-refractivity contribution in [2.75, 3.05) is 33.9 Å². The van der Waals surface area contributed by atoms with Gasteiger partial charge in [-0.05, 0) is 68.1 Å². The van der Waals surface area contributed by atoms with E-state index in [4.69, 9.17) is 14.2 Å². The van der Waals surface area contributed by atoms with Crippen molar-refractivity contribution in [3.63, 3.8) is 0 Å². The molecule has 1 aliphatic rings. The Balaban J connectivity index is 1.48. The summed E-state index contributed by atoms with van der Waals surface area (Å²) in [5.74, 6) is -2.63. The lowest BCUT2D eigenvalue weighted by Gasteiger charge is -2.28. The SMILES string of the molecule is COc1ccc2cc1Oc1cccc(OC)c1CNC(=O)[C@@H](C(C)C)NC(=O)[C@H]([C@@H](C)O)NC(=O)CN(C(=O)c1cnc3ccccn3c1=O)CCCCNC2=O. The molecule has 0 aliphatic carbocycles. The third kappa shape index (κ3) is 10.0. The van der Waals surface area contributed by atoms with Crippen LogP contribution in [0, 0.1) is 5.92 Å². The number of pyridine rings is 1. The fraction of sp³-hybridized carbons (Fsp3) is 0.375. The Morgan fingerprint density at radius 3 is 2.37 bits per heavy atom. The molecular formula is C40H47N7O10. The van der Waals surface area contributed by atoms with Crippen molar-refractivity contribution in [1.82, 2.24) is 35.6 Å². The number of carbonyl (C=O) groups excluding carboxylic acids is 5. The van der Waals surface area contributed by atoms with E-state index in [1.54, 1.807) is 62.4 Å². The third-order valence-electron chi connectivity index (χ3n) is 9.33. The summed E-state index contributed by atoms with van der Waals surface area (Å²) in [6, 6.07) is 12.0. The second kappa shape index (κ2) is 18.9. The first-order valence-corrected chi connectivity index (χ1v) is 18.4. The van der Waals surface area contributed by atoms with Gasteiger partial charge in [0.1, 0.15) is 34.8 Å². The van der Waals surface area contributed by atoms with Crippen molar-refractivity contribution in [1.29, 1.82) is 0 Å². The van der Waals surface area contributed by atoms with Gasteiger partial charge >= 0.3 is 0 Å². The minimum Gasteiger partial charge on any atom is -0.496 e. The maximum absolute atomic E-state index is 13.9. The van der Waals surface area contributed by atoms with Gasteiger partial charge in [-0.15, -0.1) is 0 Å². The number of nitrogens with zero attached hydrogens (tertiary/aromatic N) is 3. The fourth-order valence-electron chi connectivity index (χ4n) is 6.21. The van der Waals surface area contributed by atoms with Crippen LogP contribution in [0.15, 0.2) is 71.8 Å². The molecule has 5 N–H and O–H groups in total. The standard InChI is InChI=1S/C40H47N7O10/c1-23(2)34-37(51)43-20-26-28(55-4)11-10-12-29(26)57-31-19-25(14-15-30(31)56-5)36(50)41-16-7-9-17-46(22-33(49)44-35(24(3)48)38(52)45-34)39(53)27-21-42-32-13-6-8-18-47(32)40(27)54/h6,8,10-15,18-19,21,23-24,34-35,48H,7,9,16-17,20,22H2,1-5H3,(H,41,50)(H,43,51)(H,44,49)(H,45,52)/t24-,34-,35+/m1/s1. The molecule has 57 heavy (non-hydrogen) atoms. The van der Waals surface area contributed by atoms with Crippen LogP contribution >= 0.6 is 0 Å². The summed E-state index contributed by atoms with van der Waals surface area (Å²) in [7, 11) is 2.92. The van der Waals surface area contributed by atoms with Gasteiger partial charge in [0.2, 0.25) is 17.7 Å². The Morgan fingerprint density at radius 1 is 0.877 bits per heavy atom. The van der Waals surface area contributed by atoms with Crippen LogP contribution in [0.2, 0.25) is 0 Å². The lowest BCUT2D eigenvalue weighted by atomic mass is 10.0. The topological polar surface area (TPSA) is 219 Å². The number of aliphatic hydroxyl groups is 1. The zero-order valence-corrected chi connectivity index (χ0v) is 32.4. The predicted octanol–water partition coefficient (Wildman–Crippen LogP) is 1.79. The van der Waals surface area contributed by atoms with E-state index >= 15 is 0 Å². The van der Waals surface area contributed by atoms with Crippen LogP contribution in [0.4, 0.5) is 0 Å². The second-order valence-corrected chi connectivity index (χ2v) is 13.7. The summed E-state index contributed by atoms with van der Waals surface area (Å²) in [5, 5.41) is 21.4. The fourth-order valence-corrected chi connectivity index (χ4v) is 6.21. The molecule has 1 aliphatic heterocycles. The molecule has 0 saturated carbocycles. The molecule has 302 valence electrons. The van der Waals surface area contributed by atoms with Crippen LogP contribution in [0.1, 0.15) is 59.9 Å². The number of benzene rings is 2. The van der Waals surface area contributed by atoms with Gasteiger partial charge in [-0.1, -0.05) is 26.0 Å². The average molecular weight is 786 g/mol. The normalized spacial score (nSPS) is 18.3. The number of amides is 5. The summed E-state index contributed by atoms with van der Waals surface area (Å²) in [4.78, 5) is 86.7. The van der Waals surface area contributed by atoms with Crippen LogP contribution < -0.4 is 41.0 Å². The van der Waals surface area contributed by atoms with Crippen molar-refractivity contribution >= 4 is 35.2 Å². The molecule has 0 radical (unpaired) electrons. The van der Waals surface area contributed by atoms with Gasteiger partial charge in [0, 0.05) is 31.0 Å². The number of aromatic nitrogens is 2. The monoisotopic (exact) mass is 785 g/mol. The highest BCUT2D eigenvalue weighted by Gasteiger charge is 2.33. The summed E-state index contributed by atoms with van der Waals surface area (Å²) in [6.45, 7) is 4.20. The summed E-state index contributed by atoms with van der Waals surface area (Å²) in [6.07, 6.45) is 1.87.